The van der Waals surface area contributed by atoms with Crippen LogP contribution in [-0.2, 0) is 33.5 Å². The molecule has 0 aromatic carbocycles. The number of primary amides is 1. The number of methoxy groups -OCH3 is 1. The fourth-order valence-electron chi connectivity index (χ4n) is 8.31. The molecule has 17 nitrogen and oxygen atoms in total. The van der Waals surface area contributed by atoms with Crippen molar-refractivity contribution < 1.29 is 48.2 Å². The molecule has 1 aliphatic heterocycles. The molecule has 17 heteroatoms. The van der Waals surface area contributed by atoms with Crippen LogP contribution in [0.25, 0.3) is 0 Å². The summed E-state index contributed by atoms with van der Waals surface area (Å²) in [4.78, 5) is 111. The van der Waals surface area contributed by atoms with Gasteiger partial charge in [-0.2, -0.15) is 0 Å². The van der Waals surface area contributed by atoms with Gasteiger partial charge >= 0.3 is 11.9 Å². The van der Waals surface area contributed by atoms with Crippen molar-refractivity contribution >= 4 is 47.4 Å². The third kappa shape index (κ3) is 13.1. The zero-order valence-corrected chi connectivity index (χ0v) is 34.6. The van der Waals surface area contributed by atoms with Crippen molar-refractivity contribution in [3.05, 3.63) is 41.7 Å². The number of carbonyl (C=O) groups excluding carboxylic acids is 7. The van der Waals surface area contributed by atoms with E-state index in [1.807, 2.05) is 0 Å². The van der Waals surface area contributed by atoms with Gasteiger partial charge in [0.15, 0.2) is 0 Å². The maximum Gasteiger partial charge on any atom is 0.337 e. The maximum absolute atomic E-state index is 14.5. The minimum absolute atomic E-state index is 0.0150. The third-order valence-electron chi connectivity index (χ3n) is 11.6. The van der Waals surface area contributed by atoms with Crippen molar-refractivity contribution in [2.75, 3.05) is 13.7 Å². The summed E-state index contributed by atoms with van der Waals surface area (Å²) in [5, 5.41) is 20.7. The summed E-state index contributed by atoms with van der Waals surface area (Å²) in [6.45, 7) is 5.47. The summed E-state index contributed by atoms with van der Waals surface area (Å²) in [5.41, 5.74) is 4.57. The molecule has 2 saturated carbocycles. The number of rotatable bonds is 17. The molecule has 2 heterocycles. The Balaban J connectivity index is 1.53. The quantitative estimate of drug-likeness (QED) is 0.0983. The molecule has 59 heavy (non-hydrogen) atoms. The van der Waals surface area contributed by atoms with Crippen LogP contribution in [0.4, 0.5) is 0 Å². The van der Waals surface area contributed by atoms with Crippen molar-refractivity contribution in [3.8, 4) is 0 Å². The molecule has 5 atom stereocenters. The van der Waals surface area contributed by atoms with E-state index in [0.717, 1.165) is 69.8 Å². The first-order valence-electron chi connectivity index (χ1n) is 20.8. The van der Waals surface area contributed by atoms with Gasteiger partial charge in [-0.05, 0) is 74.7 Å². The smallest absolute Gasteiger partial charge is 0.337 e. The summed E-state index contributed by atoms with van der Waals surface area (Å²) in [5.74, 6) is -5.77. The number of carboxylic acid groups (broad SMARTS) is 1. The predicted molar refractivity (Wildman–Crippen MR) is 215 cm³/mol. The standard InChI is InChI=1S/C42H61N7O10/c1-42(2,3)34(48-37(53)29(18-11-12-20-31(50)59-4)45-36(52)27-22-28(41(57)58)24-44-23-27)40(56)49-21-13-19-30(49)38(54)47-33(26-16-9-6-10-17-26)39(55)46-32(35(43)51)25-14-7-5-8-15-25/h12,20,22-26,29-30,32-34H,5-11,13-19,21H2,1-4H3,(H2,43,51)(H,45,52)(H,46,55)(H,47,54)(H,48,53)(H,57,58)/b20-12+/t29?,30-,32?,33?,34?/m0/s1. The normalized spacial score (nSPS) is 19.8. The van der Waals surface area contributed by atoms with E-state index in [1.165, 1.54) is 24.2 Å². The molecule has 3 fully saturated rings. The van der Waals surface area contributed by atoms with Gasteiger partial charge in [-0.25, -0.2) is 9.59 Å². The predicted octanol–water partition coefficient (Wildman–Crippen LogP) is 2.53. The number of pyridine rings is 1. The number of carbonyl (C=O) groups is 8. The van der Waals surface area contributed by atoms with Gasteiger partial charge in [-0.15, -0.1) is 0 Å². The summed E-state index contributed by atoms with van der Waals surface area (Å²) in [7, 11) is 1.21. The molecule has 1 saturated heterocycles. The molecular weight excluding hydrogens is 763 g/mol. The van der Waals surface area contributed by atoms with Gasteiger partial charge in [-0.3, -0.25) is 33.8 Å². The minimum atomic E-state index is -1.30. The number of aromatic nitrogens is 1. The van der Waals surface area contributed by atoms with Gasteiger partial charge < -0.3 is 41.7 Å². The van der Waals surface area contributed by atoms with Crippen molar-refractivity contribution in [1.82, 2.24) is 31.2 Å². The van der Waals surface area contributed by atoms with Crippen molar-refractivity contribution in [1.29, 1.82) is 0 Å². The van der Waals surface area contributed by atoms with Crippen molar-refractivity contribution in [3.63, 3.8) is 0 Å². The number of allylic oxidation sites excluding steroid dienone is 1. The van der Waals surface area contributed by atoms with E-state index >= 15 is 0 Å². The third-order valence-corrected chi connectivity index (χ3v) is 11.6. The van der Waals surface area contributed by atoms with E-state index in [9.17, 15) is 43.5 Å². The zero-order valence-electron chi connectivity index (χ0n) is 34.6. The second-order valence-corrected chi connectivity index (χ2v) is 17.0. The van der Waals surface area contributed by atoms with E-state index in [2.05, 4.69) is 31.0 Å². The number of hydrogen-bond donors (Lipinski definition) is 6. The summed E-state index contributed by atoms with van der Waals surface area (Å²) in [6, 6.07) is -4.03. The first-order chi connectivity index (χ1) is 28.0. The molecule has 1 aromatic rings. The molecule has 0 spiro atoms. The fourth-order valence-corrected chi connectivity index (χ4v) is 8.31. The van der Waals surface area contributed by atoms with Crippen molar-refractivity contribution in [2.45, 2.75) is 141 Å². The summed E-state index contributed by atoms with van der Waals surface area (Å²) in [6.07, 6.45) is 14.5. The van der Waals surface area contributed by atoms with Gasteiger partial charge in [0.05, 0.1) is 18.2 Å². The molecule has 324 valence electrons. The summed E-state index contributed by atoms with van der Waals surface area (Å²) >= 11 is 0. The second kappa shape index (κ2) is 21.6. The Morgan fingerprint density at radius 1 is 0.831 bits per heavy atom. The molecule has 4 unspecified atom stereocenters. The Bertz CT molecular complexity index is 1730. The highest BCUT2D eigenvalue weighted by Crippen LogP contribution is 2.30. The first kappa shape index (κ1) is 46.3. The van der Waals surface area contributed by atoms with Crippen LogP contribution in [0, 0.1) is 17.3 Å². The number of carboxylic acids is 1. The molecule has 0 bridgehead atoms. The largest absolute Gasteiger partial charge is 0.478 e. The molecule has 7 N–H and O–H groups in total. The number of amides is 6. The highest BCUT2D eigenvalue weighted by atomic mass is 16.5. The number of likely N-dealkylation sites (tertiary alicyclic amines) is 1. The average Bonchev–Trinajstić information content (AvgIpc) is 3.72. The Labute approximate surface area is 345 Å². The molecule has 0 radical (unpaired) electrons. The molecule has 4 rings (SSSR count). The number of nitrogens with two attached hydrogens (primary N) is 1. The Kier molecular flexibility index (Phi) is 17.0. The Morgan fingerprint density at radius 2 is 1.44 bits per heavy atom. The van der Waals surface area contributed by atoms with Gasteiger partial charge in [0, 0.05) is 25.0 Å². The highest BCUT2D eigenvalue weighted by molar-refractivity contribution is 6.00. The van der Waals surface area contributed by atoms with Crippen LogP contribution in [0.2, 0.25) is 0 Å². The van der Waals surface area contributed by atoms with Crippen molar-refractivity contribution in [2.24, 2.45) is 23.0 Å². The molecule has 3 aliphatic rings. The fraction of sp³-hybridized carbons (Fsp3) is 0.643. The van der Waals surface area contributed by atoms with E-state index in [4.69, 9.17) is 5.73 Å². The van der Waals surface area contributed by atoms with Crippen LogP contribution < -0.4 is 27.0 Å². The van der Waals surface area contributed by atoms with Crippen LogP contribution in [0.15, 0.2) is 30.6 Å². The minimum Gasteiger partial charge on any atom is -0.478 e. The van der Waals surface area contributed by atoms with Crippen LogP contribution in [0.1, 0.15) is 131 Å². The van der Waals surface area contributed by atoms with E-state index in [0.29, 0.717) is 25.7 Å². The number of aromatic carboxylic acids is 1. The number of esters is 1. The number of ether oxygens (including phenoxy) is 1. The topological polar surface area (TPSA) is 256 Å². The number of hydrogen-bond acceptors (Lipinski definition) is 10. The SMILES string of the molecule is COC(=O)/C=C/CCC(NC(=O)c1cncc(C(=O)O)c1)C(=O)NC(C(=O)N1CCC[C@H]1C(=O)NC(C(=O)NC(C(N)=O)C1CCCCC1)C1CCCCC1)C(C)(C)C. The molecule has 2 aliphatic carbocycles. The number of nitrogens with zero attached hydrogens (tertiary/aromatic N) is 2. The lowest BCUT2D eigenvalue weighted by Crippen LogP contribution is -2.62. The van der Waals surface area contributed by atoms with Crippen LogP contribution >= 0.6 is 0 Å². The lowest BCUT2D eigenvalue weighted by Gasteiger charge is -2.37. The van der Waals surface area contributed by atoms with Crippen LogP contribution in [-0.4, -0.2) is 106 Å². The van der Waals surface area contributed by atoms with Gasteiger partial charge in [-0.1, -0.05) is 65.4 Å². The maximum atomic E-state index is 14.5. The average molecular weight is 824 g/mol. The van der Waals surface area contributed by atoms with E-state index in [1.54, 1.807) is 20.8 Å². The second-order valence-electron chi connectivity index (χ2n) is 17.0. The van der Waals surface area contributed by atoms with Gasteiger partial charge in [0.2, 0.25) is 29.5 Å². The molecular formula is C42H61N7O10. The van der Waals surface area contributed by atoms with Gasteiger partial charge in [0.25, 0.3) is 5.91 Å². The summed E-state index contributed by atoms with van der Waals surface area (Å²) < 4.78 is 4.62. The zero-order chi connectivity index (χ0) is 43.3. The monoisotopic (exact) mass is 823 g/mol. The van der Waals surface area contributed by atoms with E-state index < -0.39 is 83.0 Å². The van der Waals surface area contributed by atoms with Crippen LogP contribution in [0.3, 0.4) is 0 Å². The lowest BCUT2D eigenvalue weighted by atomic mass is 9.81. The first-order valence-corrected chi connectivity index (χ1v) is 20.8. The Hall–Kier alpha value is -5.35. The Morgan fingerprint density at radius 3 is 2.02 bits per heavy atom. The van der Waals surface area contributed by atoms with Crippen LogP contribution in [0.5, 0.6) is 0 Å². The van der Waals surface area contributed by atoms with Gasteiger partial charge in [0.1, 0.15) is 30.2 Å². The molecule has 1 aromatic heterocycles. The number of nitrogens with one attached hydrogen (secondary N) is 4. The lowest BCUT2D eigenvalue weighted by molar-refractivity contribution is -0.145. The molecule has 6 amide bonds. The highest BCUT2D eigenvalue weighted by Gasteiger charge is 2.44. The van der Waals surface area contributed by atoms with E-state index in [-0.39, 0.29) is 42.3 Å².